The number of amides is 2. The fourth-order valence-electron chi connectivity index (χ4n) is 10.1. The number of rotatable bonds is 18. The van der Waals surface area contributed by atoms with Crippen LogP contribution in [-0.4, -0.2) is 128 Å². The van der Waals surface area contributed by atoms with E-state index in [0.717, 1.165) is 102 Å². The molecule has 390 valence electrons. The Balaban J connectivity index is 0.763. The number of nitrogens with zero attached hydrogens (tertiary/aromatic N) is 7. The first-order chi connectivity index (χ1) is 35.7. The SMILES string of the molecule is CC(C)(C)OC(=O)N1CCN(c2nc(OCC3CCCN3CCCOCCOCCOc3c(Br)cc(/C=C4\C(=O)Nc5ccc(I)cc54)cc3Br)nc3c2CCN(c2cccc4cccc(Cl)c24)C3)C[C@@H]1CC#N. The fourth-order valence-corrected chi connectivity index (χ4v) is 12.3. The largest absolute Gasteiger partial charge is 0.489 e. The molecule has 4 aliphatic heterocycles. The van der Waals surface area contributed by atoms with Crippen LogP contribution in [0.2, 0.25) is 5.02 Å². The van der Waals surface area contributed by atoms with Gasteiger partial charge in [0.1, 0.15) is 30.4 Å². The molecule has 2 fully saturated rings. The summed E-state index contributed by atoms with van der Waals surface area (Å²) in [5.74, 6) is 1.34. The van der Waals surface area contributed by atoms with E-state index >= 15 is 0 Å². The summed E-state index contributed by atoms with van der Waals surface area (Å²) in [4.78, 5) is 44.9. The predicted molar refractivity (Wildman–Crippen MR) is 304 cm³/mol. The van der Waals surface area contributed by atoms with Crippen molar-refractivity contribution in [3.05, 3.63) is 107 Å². The zero-order valence-corrected chi connectivity index (χ0v) is 47.9. The van der Waals surface area contributed by atoms with Crippen molar-refractivity contribution in [3.63, 3.8) is 0 Å². The molecule has 0 radical (unpaired) electrons. The number of aromatic nitrogens is 2. The van der Waals surface area contributed by atoms with Gasteiger partial charge in [-0.3, -0.25) is 9.69 Å². The lowest BCUT2D eigenvalue weighted by atomic mass is 10.0. The first-order valence-corrected chi connectivity index (χ1v) is 28.2. The zero-order chi connectivity index (χ0) is 51.9. The van der Waals surface area contributed by atoms with Gasteiger partial charge in [0.25, 0.3) is 5.91 Å². The second kappa shape index (κ2) is 24.5. The molecule has 2 saturated heterocycles. The average molecular weight is 1270 g/mol. The van der Waals surface area contributed by atoms with Crippen molar-refractivity contribution in [3.8, 4) is 17.8 Å². The van der Waals surface area contributed by atoms with Crippen LogP contribution < -0.4 is 24.6 Å². The van der Waals surface area contributed by atoms with Gasteiger partial charge in [0.15, 0.2) is 0 Å². The molecule has 2 atom stereocenters. The van der Waals surface area contributed by atoms with Crippen molar-refractivity contribution < 1.29 is 33.3 Å². The molecule has 19 heteroatoms. The molecular weight excluding hydrogens is 1210 g/mol. The van der Waals surface area contributed by atoms with Crippen LogP contribution in [0.5, 0.6) is 11.8 Å². The van der Waals surface area contributed by atoms with Crippen LogP contribution in [-0.2, 0) is 32.0 Å². The first-order valence-electron chi connectivity index (χ1n) is 25.1. The second-order valence-corrected chi connectivity index (χ2v) is 23.1. The van der Waals surface area contributed by atoms with Gasteiger partial charge < -0.3 is 43.7 Å². The van der Waals surface area contributed by atoms with Crippen molar-refractivity contribution in [2.24, 2.45) is 0 Å². The standard InChI is InChI=1S/C55H60Br2ClIN8O7/c1-55(2,3)74-54(69)67-22-21-66(32-38(67)15-17-60)51-40-16-20-65(48-12-5-9-36-8-4-11-45(58)49(36)48)33-47(40)62-53(63-51)73-34-39-10-6-18-64(39)19-7-23-70-24-25-71-26-27-72-50-43(56)29-35(30-44(50)57)28-42-41-31-37(59)13-14-46(41)61-52(42)68/h4-5,8-9,11-14,28-31,38-39H,6-7,10,15-16,18-27,32-34H2,1-3H3,(H,61,68)/b42-28-/t38-,39?/m0/s1. The van der Waals surface area contributed by atoms with E-state index in [1.165, 1.54) is 0 Å². The maximum atomic E-state index is 13.3. The number of benzene rings is 4. The van der Waals surface area contributed by atoms with Crippen LogP contribution in [0.1, 0.15) is 68.8 Å². The molecule has 1 unspecified atom stereocenters. The Hall–Kier alpha value is -4.75. The molecule has 74 heavy (non-hydrogen) atoms. The fraction of sp³-hybridized carbons (Fsp3) is 0.436. The Morgan fingerprint density at radius 1 is 0.932 bits per heavy atom. The van der Waals surface area contributed by atoms with Gasteiger partial charge in [0, 0.05) is 82.4 Å². The highest BCUT2D eigenvalue weighted by molar-refractivity contribution is 14.1. The lowest BCUT2D eigenvalue weighted by Gasteiger charge is -2.42. The number of halogens is 4. The van der Waals surface area contributed by atoms with Gasteiger partial charge in [-0.2, -0.15) is 15.2 Å². The molecule has 1 N–H and O–H groups in total. The van der Waals surface area contributed by atoms with E-state index in [1.807, 2.05) is 69.3 Å². The third-order valence-corrected chi connectivity index (χ3v) is 15.7. The molecule has 9 rings (SSSR count). The number of fused-ring (bicyclic) bond motifs is 3. The Morgan fingerprint density at radius 2 is 1.70 bits per heavy atom. The number of nitriles is 1. The summed E-state index contributed by atoms with van der Waals surface area (Å²) in [6.07, 6.45) is 5.30. The number of hydrogen-bond donors (Lipinski definition) is 1. The summed E-state index contributed by atoms with van der Waals surface area (Å²) in [5, 5.41) is 15.6. The van der Waals surface area contributed by atoms with Crippen LogP contribution in [0.15, 0.2) is 75.7 Å². The molecule has 0 spiro atoms. The van der Waals surface area contributed by atoms with Crippen molar-refractivity contribution in [1.82, 2.24) is 19.8 Å². The van der Waals surface area contributed by atoms with Crippen molar-refractivity contribution in [2.45, 2.75) is 77.1 Å². The third kappa shape index (κ3) is 13.1. The molecule has 15 nitrogen and oxygen atoms in total. The number of carbonyl (C=O) groups excluding carboxylic acids is 2. The first kappa shape index (κ1) is 54.1. The lowest BCUT2D eigenvalue weighted by molar-refractivity contribution is -0.110. The highest BCUT2D eigenvalue weighted by Crippen LogP contribution is 2.40. The molecule has 0 saturated carbocycles. The Kier molecular flexibility index (Phi) is 17.9. The van der Waals surface area contributed by atoms with Gasteiger partial charge >= 0.3 is 12.1 Å². The van der Waals surface area contributed by atoms with E-state index in [-0.39, 0.29) is 24.4 Å². The van der Waals surface area contributed by atoms with Crippen LogP contribution in [0.4, 0.5) is 22.0 Å². The van der Waals surface area contributed by atoms with Gasteiger partial charge in [0.2, 0.25) is 0 Å². The molecule has 4 aliphatic rings. The summed E-state index contributed by atoms with van der Waals surface area (Å²) in [7, 11) is 0. The van der Waals surface area contributed by atoms with Crippen LogP contribution in [0.3, 0.4) is 0 Å². The number of piperazine rings is 1. The molecule has 0 bridgehead atoms. The van der Waals surface area contributed by atoms with E-state index in [0.29, 0.717) is 94.6 Å². The van der Waals surface area contributed by atoms with E-state index < -0.39 is 11.7 Å². The van der Waals surface area contributed by atoms with Crippen LogP contribution in [0, 0.1) is 14.9 Å². The van der Waals surface area contributed by atoms with Crippen LogP contribution in [0.25, 0.3) is 22.4 Å². The van der Waals surface area contributed by atoms with E-state index in [9.17, 15) is 14.9 Å². The topological polar surface area (TPSA) is 155 Å². The molecule has 5 heterocycles. The highest BCUT2D eigenvalue weighted by atomic mass is 127. The minimum absolute atomic E-state index is 0.122. The van der Waals surface area contributed by atoms with Gasteiger partial charge in [-0.15, -0.1) is 0 Å². The summed E-state index contributed by atoms with van der Waals surface area (Å²) in [6, 6.07) is 24.5. The van der Waals surface area contributed by atoms with E-state index in [2.05, 4.69) is 105 Å². The van der Waals surface area contributed by atoms with Crippen molar-refractivity contribution in [2.75, 3.05) is 94.0 Å². The predicted octanol–water partition coefficient (Wildman–Crippen LogP) is 11.2. The molecular formula is C55H60Br2ClIN8O7. The molecule has 4 aromatic carbocycles. The number of nitrogens with one attached hydrogen (secondary N) is 1. The van der Waals surface area contributed by atoms with Crippen LogP contribution >= 0.6 is 66.1 Å². The number of likely N-dealkylation sites (tertiary alicyclic amines) is 1. The monoisotopic (exact) mass is 1260 g/mol. The Labute approximate surface area is 468 Å². The van der Waals surface area contributed by atoms with Gasteiger partial charge in [0.05, 0.1) is 64.6 Å². The highest BCUT2D eigenvalue weighted by Gasteiger charge is 2.36. The summed E-state index contributed by atoms with van der Waals surface area (Å²) < 4.78 is 32.8. The van der Waals surface area contributed by atoms with E-state index in [4.69, 9.17) is 45.3 Å². The molecule has 2 amide bonds. The maximum absolute atomic E-state index is 13.3. The van der Waals surface area contributed by atoms with Gasteiger partial charge in [-0.05, 0) is 167 Å². The summed E-state index contributed by atoms with van der Waals surface area (Å²) >= 11 is 16.4. The maximum Gasteiger partial charge on any atom is 0.410 e. The summed E-state index contributed by atoms with van der Waals surface area (Å²) in [6.45, 7) is 12.8. The number of ether oxygens (including phenoxy) is 5. The molecule has 0 aliphatic carbocycles. The number of carbonyl (C=O) groups is 2. The number of hydrogen-bond acceptors (Lipinski definition) is 13. The normalized spacial score (nSPS) is 18.4. The Bertz CT molecular complexity index is 2930. The minimum atomic E-state index is -0.653. The third-order valence-electron chi connectivity index (χ3n) is 13.5. The second-order valence-electron chi connectivity index (χ2n) is 19.8. The molecule has 5 aromatic rings. The van der Waals surface area contributed by atoms with Gasteiger partial charge in [-0.1, -0.05) is 35.9 Å². The Morgan fingerprint density at radius 3 is 2.49 bits per heavy atom. The minimum Gasteiger partial charge on any atom is -0.489 e. The van der Waals surface area contributed by atoms with Crippen molar-refractivity contribution in [1.29, 1.82) is 5.26 Å². The smallest absolute Gasteiger partial charge is 0.410 e. The summed E-state index contributed by atoms with van der Waals surface area (Å²) in [5.41, 5.74) is 5.54. The van der Waals surface area contributed by atoms with Crippen molar-refractivity contribution >= 4 is 118 Å². The van der Waals surface area contributed by atoms with E-state index in [1.54, 1.807) is 4.90 Å². The van der Waals surface area contributed by atoms with Gasteiger partial charge in [-0.25, -0.2) is 4.79 Å². The number of anilines is 3. The zero-order valence-electron chi connectivity index (χ0n) is 41.8. The lowest BCUT2D eigenvalue weighted by Crippen LogP contribution is -2.56. The molecule has 1 aromatic heterocycles. The quantitative estimate of drug-likeness (QED) is 0.0503. The average Bonchev–Trinajstić information content (AvgIpc) is 3.95.